The van der Waals surface area contributed by atoms with Crippen LogP contribution in [0.15, 0.2) is 48.7 Å². The first-order valence-electron chi connectivity index (χ1n) is 14.6. The zero-order chi connectivity index (χ0) is 30.3. The van der Waals surface area contributed by atoms with Gasteiger partial charge in [0.25, 0.3) is 0 Å². The summed E-state index contributed by atoms with van der Waals surface area (Å²) in [4.78, 5) is 4.54. The predicted molar refractivity (Wildman–Crippen MR) is 163 cm³/mol. The molecular formula is C31H36F2N6O3S. The predicted octanol–water partition coefficient (Wildman–Crippen LogP) is 5.50. The van der Waals surface area contributed by atoms with Crippen LogP contribution in [0.25, 0.3) is 22.2 Å². The van der Waals surface area contributed by atoms with Gasteiger partial charge in [-0.25, -0.2) is 22.2 Å². The highest BCUT2D eigenvalue weighted by molar-refractivity contribution is 7.91. The standard InChI is InChI=1S/C31H36F2N6O3S/c1-18(2)39-30-24(19-7-10-22(11-8-19)36-23-15-42-16-23)14-35-31(34)28(30)29(37-39)20-9-12-27(26(33)13-20)38-43(40,41)17-21-5-3-4-6-25(21)32/h3-6,9,12-14,18-19,22-23,36,38H,7-8,10-11,15-17H2,1-2H3,(H2,34,35). The van der Waals surface area contributed by atoms with E-state index in [0.29, 0.717) is 34.5 Å². The third-order valence-corrected chi connectivity index (χ3v) is 9.58. The normalized spacial score (nSPS) is 19.6. The maximum Gasteiger partial charge on any atom is 0.237 e. The minimum absolute atomic E-state index is 0.00253. The number of nitrogen functional groups attached to an aromatic ring is 1. The summed E-state index contributed by atoms with van der Waals surface area (Å²) in [6.07, 6.45) is 5.96. The second-order valence-corrected chi connectivity index (χ2v) is 13.5. The van der Waals surface area contributed by atoms with E-state index in [1.807, 2.05) is 24.7 Å². The molecule has 1 aliphatic carbocycles. The molecule has 3 heterocycles. The molecule has 43 heavy (non-hydrogen) atoms. The van der Waals surface area contributed by atoms with Crippen LogP contribution in [0.5, 0.6) is 0 Å². The van der Waals surface area contributed by atoms with Gasteiger partial charge in [0.2, 0.25) is 10.0 Å². The van der Waals surface area contributed by atoms with E-state index >= 15 is 4.39 Å². The number of benzene rings is 2. The Labute approximate surface area is 249 Å². The van der Waals surface area contributed by atoms with Crippen LogP contribution in [0.4, 0.5) is 20.3 Å². The first-order chi connectivity index (χ1) is 20.6. The molecule has 228 valence electrons. The molecule has 6 rings (SSSR count). The SMILES string of the molecule is CC(C)n1nc(-c2ccc(NS(=O)(=O)Cc3ccccc3F)c(F)c2)c2c(N)ncc(C3CCC(NC4COC4)CC3)c21. The Bertz CT molecular complexity index is 1750. The van der Waals surface area contributed by atoms with Gasteiger partial charge in [0.15, 0.2) is 0 Å². The zero-order valence-corrected chi connectivity index (χ0v) is 25.0. The maximum atomic E-state index is 15.4. The summed E-state index contributed by atoms with van der Waals surface area (Å²) in [7, 11) is -4.08. The van der Waals surface area contributed by atoms with Crippen molar-refractivity contribution in [2.24, 2.45) is 0 Å². The van der Waals surface area contributed by atoms with Crippen LogP contribution >= 0.6 is 0 Å². The molecule has 0 unspecified atom stereocenters. The Balaban J connectivity index is 1.29. The Morgan fingerprint density at radius 1 is 1.05 bits per heavy atom. The van der Waals surface area contributed by atoms with Crippen molar-refractivity contribution in [3.05, 3.63) is 71.4 Å². The summed E-state index contributed by atoms with van der Waals surface area (Å²) in [6, 6.07) is 10.7. The van der Waals surface area contributed by atoms with E-state index in [1.165, 1.54) is 30.3 Å². The summed E-state index contributed by atoms with van der Waals surface area (Å²) < 4.78 is 64.3. The van der Waals surface area contributed by atoms with Crippen LogP contribution in [0.3, 0.4) is 0 Å². The molecular weight excluding hydrogens is 574 g/mol. The van der Waals surface area contributed by atoms with E-state index in [2.05, 4.69) is 15.0 Å². The Morgan fingerprint density at radius 3 is 2.44 bits per heavy atom. The van der Waals surface area contributed by atoms with Crippen molar-refractivity contribution in [2.45, 2.75) is 69.3 Å². The maximum absolute atomic E-state index is 15.4. The first kappa shape index (κ1) is 29.5. The number of hydrogen-bond acceptors (Lipinski definition) is 7. The number of rotatable bonds is 9. The molecule has 0 atom stereocenters. The second kappa shape index (κ2) is 11.8. The van der Waals surface area contributed by atoms with Crippen molar-refractivity contribution in [1.29, 1.82) is 0 Å². The molecule has 12 heteroatoms. The van der Waals surface area contributed by atoms with Gasteiger partial charge in [-0.05, 0) is 69.2 Å². The van der Waals surface area contributed by atoms with Crippen molar-refractivity contribution in [2.75, 3.05) is 23.7 Å². The fourth-order valence-electron chi connectivity index (χ4n) is 6.10. The molecule has 0 spiro atoms. The Kier molecular flexibility index (Phi) is 8.10. The number of nitrogens with two attached hydrogens (primary N) is 1. The van der Waals surface area contributed by atoms with Gasteiger partial charge in [0.1, 0.15) is 23.1 Å². The van der Waals surface area contributed by atoms with Crippen molar-refractivity contribution < 1.29 is 21.9 Å². The third kappa shape index (κ3) is 6.09. The van der Waals surface area contributed by atoms with E-state index in [0.717, 1.165) is 50.0 Å². The van der Waals surface area contributed by atoms with Crippen LogP contribution in [-0.2, 0) is 20.5 Å². The van der Waals surface area contributed by atoms with Gasteiger partial charge in [-0.1, -0.05) is 24.3 Å². The number of nitrogens with zero attached hydrogens (tertiary/aromatic N) is 3. The van der Waals surface area contributed by atoms with Crippen LogP contribution in [0.1, 0.15) is 62.6 Å². The highest BCUT2D eigenvalue weighted by atomic mass is 32.2. The van der Waals surface area contributed by atoms with Gasteiger partial charge in [0.05, 0.1) is 41.6 Å². The molecule has 1 saturated heterocycles. The number of fused-ring (bicyclic) bond motifs is 1. The molecule has 1 aliphatic heterocycles. The van der Waals surface area contributed by atoms with Crippen molar-refractivity contribution in [3.63, 3.8) is 0 Å². The minimum Gasteiger partial charge on any atom is -0.383 e. The molecule has 4 N–H and O–H groups in total. The Hall–Kier alpha value is -3.61. The lowest BCUT2D eigenvalue weighted by molar-refractivity contribution is -0.0121. The molecule has 2 fully saturated rings. The summed E-state index contributed by atoms with van der Waals surface area (Å²) in [5.74, 6) is -1.46. The van der Waals surface area contributed by atoms with Gasteiger partial charge in [-0.2, -0.15) is 5.10 Å². The lowest BCUT2D eigenvalue weighted by Crippen LogP contribution is -2.51. The zero-order valence-electron chi connectivity index (χ0n) is 24.2. The number of aromatic nitrogens is 3. The quantitative estimate of drug-likeness (QED) is 0.229. The fraction of sp³-hybridized carbons (Fsp3) is 0.419. The van der Waals surface area contributed by atoms with Crippen LogP contribution < -0.4 is 15.8 Å². The van der Waals surface area contributed by atoms with Gasteiger partial charge >= 0.3 is 0 Å². The van der Waals surface area contributed by atoms with E-state index < -0.39 is 27.4 Å². The number of nitrogens with one attached hydrogen (secondary N) is 2. The van der Waals surface area contributed by atoms with E-state index in [-0.39, 0.29) is 23.2 Å². The largest absolute Gasteiger partial charge is 0.383 e. The first-order valence-corrected chi connectivity index (χ1v) is 16.3. The number of hydrogen-bond donors (Lipinski definition) is 3. The average Bonchev–Trinajstić information content (AvgIpc) is 3.36. The number of ether oxygens (including phenoxy) is 1. The highest BCUT2D eigenvalue weighted by Crippen LogP contribution is 2.41. The van der Waals surface area contributed by atoms with Gasteiger partial charge in [-0.15, -0.1) is 0 Å². The topological polar surface area (TPSA) is 124 Å². The molecule has 2 aliphatic rings. The Morgan fingerprint density at radius 2 is 1.79 bits per heavy atom. The minimum atomic E-state index is -4.08. The molecule has 9 nitrogen and oxygen atoms in total. The summed E-state index contributed by atoms with van der Waals surface area (Å²) in [5, 5.41) is 9.23. The van der Waals surface area contributed by atoms with Gasteiger partial charge in [0, 0.05) is 29.4 Å². The van der Waals surface area contributed by atoms with Crippen LogP contribution in [0, 0.1) is 11.6 Å². The fourth-order valence-corrected chi connectivity index (χ4v) is 7.31. The summed E-state index contributed by atoms with van der Waals surface area (Å²) in [6.45, 7) is 5.62. The summed E-state index contributed by atoms with van der Waals surface area (Å²) >= 11 is 0. The monoisotopic (exact) mass is 610 g/mol. The van der Waals surface area contributed by atoms with E-state index in [1.54, 1.807) is 12.1 Å². The number of anilines is 2. The number of halogens is 2. The van der Waals surface area contributed by atoms with E-state index in [9.17, 15) is 12.8 Å². The number of pyridine rings is 1. The lowest BCUT2D eigenvalue weighted by atomic mass is 9.81. The van der Waals surface area contributed by atoms with Crippen molar-refractivity contribution >= 4 is 32.4 Å². The van der Waals surface area contributed by atoms with Crippen LogP contribution in [-0.4, -0.2) is 48.5 Å². The van der Waals surface area contributed by atoms with Gasteiger partial charge < -0.3 is 15.8 Å². The summed E-state index contributed by atoms with van der Waals surface area (Å²) in [5.41, 5.74) is 9.11. The second-order valence-electron chi connectivity index (χ2n) is 11.8. The van der Waals surface area contributed by atoms with Crippen LogP contribution in [0.2, 0.25) is 0 Å². The lowest BCUT2D eigenvalue weighted by Gasteiger charge is -2.35. The van der Waals surface area contributed by atoms with Gasteiger partial charge in [-0.3, -0.25) is 9.40 Å². The molecule has 4 aromatic rings. The molecule has 0 radical (unpaired) electrons. The smallest absolute Gasteiger partial charge is 0.237 e. The molecule has 0 bridgehead atoms. The number of sulfonamides is 1. The molecule has 2 aromatic carbocycles. The van der Waals surface area contributed by atoms with E-state index in [4.69, 9.17) is 15.6 Å². The van der Waals surface area contributed by atoms with Crippen molar-refractivity contribution in [1.82, 2.24) is 20.1 Å². The molecule has 2 aromatic heterocycles. The molecule has 0 amide bonds. The van der Waals surface area contributed by atoms with Crippen molar-refractivity contribution in [3.8, 4) is 11.3 Å². The highest BCUT2D eigenvalue weighted by Gasteiger charge is 2.30. The third-order valence-electron chi connectivity index (χ3n) is 8.36. The average molecular weight is 611 g/mol. The molecule has 1 saturated carbocycles.